The number of aryl methyl sites for hydroxylation is 1. The molecule has 0 unspecified atom stereocenters. The minimum Gasteiger partial charge on any atom is -0.368 e. The average molecular weight is 579 g/mol. The number of amides is 1. The molecule has 0 aliphatic heterocycles. The minimum atomic E-state index is -0.437. The zero-order valence-electron chi connectivity index (χ0n) is 21.0. The first-order valence-corrected chi connectivity index (χ1v) is 11.5. The van der Waals surface area contributed by atoms with Crippen molar-refractivity contribution >= 4 is 81.8 Å². The number of pyridine rings is 1. The number of nitrogen functional groups attached to an aromatic ring is 1. The molecule has 1 amide bonds. The molecule has 0 aliphatic carbocycles. The van der Waals surface area contributed by atoms with E-state index in [9.17, 15) is 14.9 Å². The Labute approximate surface area is 241 Å². The number of nitro groups is 1. The first-order chi connectivity index (χ1) is 18.3. The summed E-state index contributed by atoms with van der Waals surface area (Å²) < 4.78 is 0. The molecule has 0 bridgehead atoms. The number of rotatable bonds is 7. The number of hydrogen-bond donors (Lipinski definition) is 4. The largest absolute Gasteiger partial charge is 0.368 e. The number of nitrogens with two attached hydrogens (primary N) is 1. The fourth-order valence-electron chi connectivity index (χ4n) is 3.86. The number of non-ortho nitro benzene ring substituents is 1. The van der Waals surface area contributed by atoms with Crippen molar-refractivity contribution in [2.75, 3.05) is 21.7 Å². The van der Waals surface area contributed by atoms with Crippen LogP contribution in [0.4, 0.5) is 40.2 Å². The molecule has 204 valence electrons. The Balaban J connectivity index is 0.00000220. The van der Waals surface area contributed by atoms with Crippen LogP contribution in [0.2, 0.25) is 0 Å². The highest BCUT2D eigenvalue weighted by molar-refractivity contribution is 6.04. The van der Waals surface area contributed by atoms with Crippen LogP contribution in [0.3, 0.4) is 0 Å². The van der Waals surface area contributed by atoms with Gasteiger partial charge in [0.25, 0.3) is 11.6 Å². The number of hydrogen-bond acceptors (Lipinski definition) is 9. The van der Waals surface area contributed by atoms with E-state index in [4.69, 9.17) is 5.73 Å². The zero-order valence-corrected chi connectivity index (χ0v) is 22.6. The Morgan fingerprint density at radius 1 is 0.850 bits per heavy atom. The van der Waals surface area contributed by atoms with Crippen molar-refractivity contribution < 1.29 is 9.72 Å². The van der Waals surface area contributed by atoms with Gasteiger partial charge in [-0.1, -0.05) is 0 Å². The van der Waals surface area contributed by atoms with Gasteiger partial charge >= 0.3 is 0 Å². The van der Waals surface area contributed by atoms with Gasteiger partial charge in [0.2, 0.25) is 5.95 Å². The lowest BCUT2D eigenvalue weighted by molar-refractivity contribution is -0.384. The number of fused-ring (bicyclic) bond motifs is 1. The zero-order chi connectivity index (χ0) is 26.6. The molecule has 5 aromatic rings. The van der Waals surface area contributed by atoms with E-state index in [1.54, 1.807) is 60.8 Å². The number of nitro benzene ring substituents is 1. The van der Waals surface area contributed by atoms with E-state index in [0.717, 1.165) is 17.1 Å². The Morgan fingerprint density at radius 2 is 1.50 bits per heavy atom. The topological polar surface area (TPSA) is 161 Å². The quantitative estimate of drug-likeness (QED) is 0.126. The van der Waals surface area contributed by atoms with E-state index in [2.05, 4.69) is 30.9 Å². The second-order valence-electron chi connectivity index (χ2n) is 8.43. The van der Waals surface area contributed by atoms with E-state index in [0.29, 0.717) is 33.7 Å². The summed E-state index contributed by atoms with van der Waals surface area (Å²) in [4.78, 5) is 35.9. The Hall–Kier alpha value is -5.00. The van der Waals surface area contributed by atoms with Crippen molar-refractivity contribution in [3.05, 3.63) is 106 Å². The second kappa shape index (κ2) is 12.7. The van der Waals surface area contributed by atoms with Crippen molar-refractivity contribution in [3.63, 3.8) is 0 Å². The summed E-state index contributed by atoms with van der Waals surface area (Å²) in [5.74, 6) is 0.494. The average Bonchev–Trinajstić information content (AvgIpc) is 2.89. The molecule has 0 fully saturated rings. The van der Waals surface area contributed by atoms with Crippen molar-refractivity contribution in [2.24, 2.45) is 0 Å². The lowest BCUT2D eigenvalue weighted by Crippen LogP contribution is -2.11. The third-order valence-electron chi connectivity index (χ3n) is 5.65. The van der Waals surface area contributed by atoms with Crippen LogP contribution < -0.4 is 21.7 Å². The van der Waals surface area contributed by atoms with Crippen molar-refractivity contribution in [3.8, 4) is 0 Å². The number of nitrogens with one attached hydrogen (secondary N) is 3. The molecule has 11 nitrogen and oxygen atoms in total. The van der Waals surface area contributed by atoms with Gasteiger partial charge in [0, 0.05) is 63.8 Å². The van der Waals surface area contributed by atoms with Gasteiger partial charge in [-0.25, -0.2) is 4.98 Å². The van der Waals surface area contributed by atoms with E-state index in [1.807, 2.05) is 19.1 Å². The monoisotopic (exact) mass is 578 g/mol. The van der Waals surface area contributed by atoms with Crippen LogP contribution >= 0.6 is 24.8 Å². The Morgan fingerprint density at radius 3 is 2.17 bits per heavy atom. The number of carbonyl (C=O) groups is 1. The predicted octanol–water partition coefficient (Wildman–Crippen LogP) is 6.41. The molecule has 3 aromatic carbocycles. The first kappa shape index (κ1) is 29.6. The molecule has 2 aromatic heterocycles. The number of halogens is 2. The van der Waals surface area contributed by atoms with Gasteiger partial charge in [-0.2, -0.15) is 4.98 Å². The normalized spacial score (nSPS) is 10.1. The number of benzene rings is 3. The molecule has 13 heteroatoms. The van der Waals surface area contributed by atoms with Gasteiger partial charge in [-0.15, -0.1) is 24.8 Å². The van der Waals surface area contributed by atoms with E-state index >= 15 is 0 Å². The molecule has 0 aliphatic rings. The van der Waals surface area contributed by atoms with Crippen molar-refractivity contribution in [2.45, 2.75) is 6.92 Å². The fraction of sp³-hybridized carbons (Fsp3) is 0.0370. The fourth-order valence-corrected chi connectivity index (χ4v) is 3.86. The SMILES string of the molecule is Cc1cc(Nc2ccc(C(=O)Nc3ccc(Nc4ccnc5ccc([N+](=O)[O-])cc45)cc3)cc2)nc(N)n1.Cl.Cl. The molecule has 0 spiro atoms. The summed E-state index contributed by atoms with van der Waals surface area (Å²) in [7, 11) is 0. The number of nitrogens with zero attached hydrogens (tertiary/aromatic N) is 4. The molecular weight excluding hydrogens is 555 g/mol. The molecule has 2 heterocycles. The van der Waals surface area contributed by atoms with Crippen LogP contribution in [0.15, 0.2) is 85.1 Å². The van der Waals surface area contributed by atoms with Gasteiger partial charge in [-0.05, 0) is 67.6 Å². The molecule has 0 radical (unpaired) electrons. The maximum absolute atomic E-state index is 12.7. The van der Waals surface area contributed by atoms with E-state index in [1.165, 1.54) is 12.1 Å². The molecule has 0 atom stereocenters. The highest BCUT2D eigenvalue weighted by Crippen LogP contribution is 2.29. The molecule has 40 heavy (non-hydrogen) atoms. The summed E-state index contributed by atoms with van der Waals surface area (Å²) in [5.41, 5.74) is 10.4. The maximum atomic E-state index is 12.7. The molecule has 5 N–H and O–H groups in total. The highest BCUT2D eigenvalue weighted by Gasteiger charge is 2.11. The van der Waals surface area contributed by atoms with Crippen LogP contribution in [0.5, 0.6) is 0 Å². The third-order valence-corrected chi connectivity index (χ3v) is 5.65. The molecule has 0 saturated carbocycles. The van der Waals surface area contributed by atoms with Gasteiger partial charge in [-0.3, -0.25) is 19.9 Å². The number of aromatic nitrogens is 3. The highest BCUT2D eigenvalue weighted by atomic mass is 35.5. The summed E-state index contributed by atoms with van der Waals surface area (Å²) in [6.45, 7) is 1.83. The predicted molar refractivity (Wildman–Crippen MR) is 161 cm³/mol. The van der Waals surface area contributed by atoms with E-state index < -0.39 is 4.92 Å². The number of anilines is 6. The summed E-state index contributed by atoms with van der Waals surface area (Å²) >= 11 is 0. The first-order valence-electron chi connectivity index (χ1n) is 11.5. The molecular formula is C27H24Cl2N8O3. The smallest absolute Gasteiger partial charge is 0.270 e. The van der Waals surface area contributed by atoms with E-state index in [-0.39, 0.29) is 42.4 Å². The van der Waals surface area contributed by atoms with Crippen molar-refractivity contribution in [1.82, 2.24) is 15.0 Å². The van der Waals surface area contributed by atoms with Gasteiger partial charge in [0.1, 0.15) is 5.82 Å². The van der Waals surface area contributed by atoms with Gasteiger partial charge < -0.3 is 21.7 Å². The Bertz CT molecular complexity index is 1650. The second-order valence-corrected chi connectivity index (χ2v) is 8.43. The molecule has 5 rings (SSSR count). The van der Waals surface area contributed by atoms with Crippen LogP contribution in [-0.4, -0.2) is 25.8 Å². The minimum absolute atomic E-state index is 0. The standard InChI is InChI=1S/C27H22N8O3.2ClH/c1-16-14-25(34-27(28)30-16)32-19-4-2-17(3-5-19)26(36)33-20-8-6-18(7-9-20)31-24-12-13-29-23-11-10-21(35(37)38)15-22(23)24;;/h2-15H,1H3,(H,29,31)(H,33,36)(H3,28,30,32,34);2*1H. The van der Waals surface area contributed by atoms with Crippen LogP contribution in [0.25, 0.3) is 10.9 Å². The third kappa shape index (κ3) is 6.90. The maximum Gasteiger partial charge on any atom is 0.270 e. The number of carbonyl (C=O) groups excluding carboxylic acids is 1. The molecule has 0 saturated heterocycles. The van der Waals surface area contributed by atoms with Crippen LogP contribution in [0.1, 0.15) is 16.1 Å². The summed E-state index contributed by atoms with van der Waals surface area (Å²) in [6, 6.07) is 22.2. The van der Waals surface area contributed by atoms with Crippen molar-refractivity contribution in [1.29, 1.82) is 0 Å². The Kier molecular flexibility index (Phi) is 9.38. The summed E-state index contributed by atoms with van der Waals surface area (Å²) in [6.07, 6.45) is 1.63. The van der Waals surface area contributed by atoms with Gasteiger partial charge in [0.05, 0.1) is 10.4 Å². The lowest BCUT2D eigenvalue weighted by Gasteiger charge is -2.11. The summed E-state index contributed by atoms with van der Waals surface area (Å²) in [5, 5.41) is 21.1. The van der Waals surface area contributed by atoms with Crippen LogP contribution in [0, 0.1) is 17.0 Å². The van der Waals surface area contributed by atoms with Crippen LogP contribution in [-0.2, 0) is 0 Å². The lowest BCUT2D eigenvalue weighted by atomic mass is 10.1. The van der Waals surface area contributed by atoms with Gasteiger partial charge in [0.15, 0.2) is 0 Å².